The second kappa shape index (κ2) is 6.12. The Bertz CT molecular complexity index is 480. The predicted molar refractivity (Wildman–Crippen MR) is 80.3 cm³/mol. The molecule has 1 heterocycles. The maximum Gasteiger partial charge on any atom is 0.315 e. The molecule has 1 aromatic rings. The minimum absolute atomic E-state index is 0.110. The summed E-state index contributed by atoms with van der Waals surface area (Å²) in [6.45, 7) is 2.30. The van der Waals surface area contributed by atoms with Crippen LogP contribution in [0.15, 0.2) is 0 Å². The molecule has 1 aromatic heterocycles. The maximum atomic E-state index is 11.9. The number of carbonyl (C=O) groups excluding carboxylic acids is 1. The molecule has 1 fully saturated rings. The number of ether oxygens (including phenoxy) is 1. The molecule has 110 valence electrons. The number of hydrogen-bond acceptors (Lipinski definition) is 5. The van der Waals surface area contributed by atoms with Crippen molar-refractivity contribution in [2.75, 3.05) is 11.9 Å². The maximum absolute atomic E-state index is 11.9. The largest absolute Gasteiger partial charge is 0.465 e. The highest BCUT2D eigenvalue weighted by Crippen LogP contribution is 2.39. The summed E-state index contributed by atoms with van der Waals surface area (Å²) in [4.78, 5) is 17.9. The van der Waals surface area contributed by atoms with Gasteiger partial charge in [-0.1, -0.05) is 19.3 Å². The Kier molecular flexibility index (Phi) is 4.24. The van der Waals surface area contributed by atoms with Crippen molar-refractivity contribution in [3.63, 3.8) is 0 Å². The summed E-state index contributed by atoms with van der Waals surface area (Å²) < 4.78 is 5.15. The summed E-state index contributed by atoms with van der Waals surface area (Å²) in [6.07, 6.45) is 8.29. The first-order valence-corrected chi connectivity index (χ1v) is 8.52. The van der Waals surface area contributed by atoms with Crippen LogP contribution in [0.25, 0.3) is 0 Å². The lowest BCUT2D eigenvalue weighted by atomic mass is 9.96. The van der Waals surface area contributed by atoms with E-state index in [4.69, 9.17) is 4.74 Å². The standard InChI is InChI=1S/C15H22N2O2S/c1-2-19-14(18)11-8-9-12-13(11)17-15(20-12)16-10-6-4-3-5-7-10/h10-11H,2-9H2,1H3,(H,16,17). The van der Waals surface area contributed by atoms with Crippen LogP contribution < -0.4 is 5.32 Å². The molecule has 2 aliphatic carbocycles. The SMILES string of the molecule is CCOC(=O)C1CCc2sc(NC3CCCCC3)nc21. The number of nitrogens with one attached hydrogen (secondary N) is 1. The van der Waals surface area contributed by atoms with Gasteiger partial charge in [0.15, 0.2) is 5.13 Å². The quantitative estimate of drug-likeness (QED) is 0.864. The Labute approximate surface area is 123 Å². The van der Waals surface area contributed by atoms with Crippen molar-refractivity contribution >= 4 is 22.4 Å². The molecular formula is C15H22N2O2S. The molecule has 0 aromatic carbocycles. The molecule has 20 heavy (non-hydrogen) atoms. The number of aryl methyl sites for hydroxylation is 1. The molecule has 1 unspecified atom stereocenters. The van der Waals surface area contributed by atoms with E-state index >= 15 is 0 Å². The summed E-state index contributed by atoms with van der Waals surface area (Å²) in [7, 11) is 0. The van der Waals surface area contributed by atoms with E-state index in [1.54, 1.807) is 11.3 Å². The summed E-state index contributed by atoms with van der Waals surface area (Å²) in [6, 6.07) is 0.566. The van der Waals surface area contributed by atoms with Crippen LogP contribution >= 0.6 is 11.3 Å². The van der Waals surface area contributed by atoms with E-state index in [0.29, 0.717) is 12.6 Å². The second-order valence-corrected chi connectivity index (χ2v) is 6.73. The van der Waals surface area contributed by atoms with Crippen LogP contribution in [0.5, 0.6) is 0 Å². The lowest BCUT2D eigenvalue weighted by Crippen LogP contribution is -2.22. The summed E-state index contributed by atoms with van der Waals surface area (Å²) in [5.41, 5.74) is 0.965. The van der Waals surface area contributed by atoms with Gasteiger partial charge in [0.2, 0.25) is 0 Å². The van der Waals surface area contributed by atoms with E-state index in [2.05, 4.69) is 10.3 Å². The number of thiazole rings is 1. The molecule has 2 aliphatic rings. The van der Waals surface area contributed by atoms with Crippen molar-refractivity contribution in [3.05, 3.63) is 10.6 Å². The van der Waals surface area contributed by atoms with E-state index in [1.807, 2.05) is 6.92 Å². The molecule has 1 N–H and O–H groups in total. The molecule has 1 saturated carbocycles. The average molecular weight is 294 g/mol. The van der Waals surface area contributed by atoms with Crippen molar-refractivity contribution in [1.82, 2.24) is 4.98 Å². The number of esters is 1. The number of fused-ring (bicyclic) bond motifs is 1. The Morgan fingerprint density at radius 3 is 2.90 bits per heavy atom. The minimum Gasteiger partial charge on any atom is -0.465 e. The van der Waals surface area contributed by atoms with Gasteiger partial charge in [-0.2, -0.15) is 0 Å². The molecule has 0 amide bonds. The first kappa shape index (κ1) is 13.9. The molecule has 4 nitrogen and oxygen atoms in total. The van der Waals surface area contributed by atoms with Gasteiger partial charge in [0.25, 0.3) is 0 Å². The predicted octanol–water partition coefficient (Wildman–Crippen LogP) is 3.48. The molecular weight excluding hydrogens is 272 g/mol. The highest BCUT2D eigenvalue weighted by atomic mass is 32.1. The number of rotatable bonds is 4. The van der Waals surface area contributed by atoms with Crippen molar-refractivity contribution in [2.45, 2.75) is 63.8 Å². The minimum atomic E-state index is -0.136. The molecule has 5 heteroatoms. The van der Waals surface area contributed by atoms with Gasteiger partial charge in [-0.15, -0.1) is 11.3 Å². The fourth-order valence-electron chi connectivity index (χ4n) is 3.18. The molecule has 3 rings (SSSR count). The van der Waals surface area contributed by atoms with Crippen LogP contribution in [0.4, 0.5) is 5.13 Å². The summed E-state index contributed by atoms with van der Waals surface area (Å²) >= 11 is 1.72. The Morgan fingerprint density at radius 1 is 1.35 bits per heavy atom. The van der Waals surface area contributed by atoms with E-state index in [1.165, 1.54) is 37.0 Å². The average Bonchev–Trinajstić information content (AvgIpc) is 2.99. The van der Waals surface area contributed by atoms with Crippen molar-refractivity contribution < 1.29 is 9.53 Å². The van der Waals surface area contributed by atoms with Crippen LogP contribution in [0.3, 0.4) is 0 Å². The van der Waals surface area contributed by atoms with Crippen LogP contribution in [0, 0.1) is 0 Å². The van der Waals surface area contributed by atoms with Gasteiger partial charge in [-0.05, 0) is 32.6 Å². The number of anilines is 1. The third-order valence-electron chi connectivity index (χ3n) is 4.22. The zero-order valence-electron chi connectivity index (χ0n) is 12.0. The third-order valence-corrected chi connectivity index (χ3v) is 5.28. The zero-order chi connectivity index (χ0) is 13.9. The molecule has 0 aliphatic heterocycles. The van der Waals surface area contributed by atoms with Gasteiger partial charge >= 0.3 is 5.97 Å². The first-order valence-electron chi connectivity index (χ1n) is 7.70. The number of nitrogens with zero attached hydrogens (tertiary/aromatic N) is 1. The fourth-order valence-corrected chi connectivity index (χ4v) is 4.30. The second-order valence-electron chi connectivity index (χ2n) is 5.65. The van der Waals surface area contributed by atoms with Gasteiger partial charge in [-0.3, -0.25) is 4.79 Å². The van der Waals surface area contributed by atoms with Gasteiger partial charge in [-0.25, -0.2) is 4.98 Å². The topological polar surface area (TPSA) is 51.2 Å². The lowest BCUT2D eigenvalue weighted by molar-refractivity contribution is -0.145. The lowest BCUT2D eigenvalue weighted by Gasteiger charge is -2.22. The van der Waals surface area contributed by atoms with Gasteiger partial charge in [0, 0.05) is 10.9 Å². The van der Waals surface area contributed by atoms with Crippen LogP contribution in [-0.4, -0.2) is 23.6 Å². The smallest absolute Gasteiger partial charge is 0.315 e. The van der Waals surface area contributed by atoms with Crippen LogP contribution in [-0.2, 0) is 16.0 Å². The van der Waals surface area contributed by atoms with Crippen molar-refractivity contribution in [3.8, 4) is 0 Å². The monoisotopic (exact) mass is 294 g/mol. The van der Waals surface area contributed by atoms with Gasteiger partial charge in [0.05, 0.1) is 12.3 Å². The van der Waals surface area contributed by atoms with E-state index in [9.17, 15) is 4.79 Å². The highest BCUT2D eigenvalue weighted by Gasteiger charge is 2.33. The summed E-state index contributed by atoms with van der Waals surface area (Å²) in [5, 5.41) is 4.55. The Hall–Kier alpha value is -1.10. The number of hydrogen-bond donors (Lipinski definition) is 1. The highest BCUT2D eigenvalue weighted by molar-refractivity contribution is 7.15. The molecule has 0 spiro atoms. The van der Waals surface area contributed by atoms with Crippen LogP contribution in [0.1, 0.15) is 61.9 Å². The number of aromatic nitrogens is 1. The number of carbonyl (C=O) groups is 1. The summed E-state index contributed by atoms with van der Waals surface area (Å²) in [5.74, 6) is -0.246. The van der Waals surface area contributed by atoms with E-state index in [-0.39, 0.29) is 11.9 Å². The third kappa shape index (κ3) is 2.82. The molecule has 1 atom stereocenters. The van der Waals surface area contributed by atoms with Crippen LogP contribution in [0.2, 0.25) is 0 Å². The normalized spacial score (nSPS) is 22.6. The first-order chi connectivity index (χ1) is 9.78. The fraction of sp³-hybridized carbons (Fsp3) is 0.733. The van der Waals surface area contributed by atoms with E-state index in [0.717, 1.165) is 23.7 Å². The van der Waals surface area contributed by atoms with Gasteiger partial charge in [0.1, 0.15) is 5.92 Å². The Morgan fingerprint density at radius 2 is 2.15 bits per heavy atom. The van der Waals surface area contributed by atoms with E-state index < -0.39 is 0 Å². The van der Waals surface area contributed by atoms with Gasteiger partial charge < -0.3 is 10.1 Å². The van der Waals surface area contributed by atoms with Crippen molar-refractivity contribution in [1.29, 1.82) is 0 Å². The Balaban J connectivity index is 1.68. The molecule has 0 bridgehead atoms. The van der Waals surface area contributed by atoms with Crippen molar-refractivity contribution in [2.24, 2.45) is 0 Å². The zero-order valence-corrected chi connectivity index (χ0v) is 12.8. The molecule has 0 saturated heterocycles. The molecule has 0 radical (unpaired) electrons.